The third-order valence-corrected chi connectivity index (χ3v) is 5.19. The summed E-state index contributed by atoms with van der Waals surface area (Å²) in [4.78, 5) is 9.56. The topological polar surface area (TPSA) is 110 Å². The van der Waals surface area contributed by atoms with E-state index in [-0.39, 0.29) is 0 Å². The Bertz CT molecular complexity index is 614. The Morgan fingerprint density at radius 2 is 2.10 bits per heavy atom. The van der Waals surface area contributed by atoms with Crippen molar-refractivity contribution in [3.63, 3.8) is 0 Å². The fraction of sp³-hybridized carbons (Fsp3) is 0.429. The first kappa shape index (κ1) is 17.1. The number of sulfonamides is 1. The monoisotopic (exact) mass is 354 g/mol. The Kier molecular flexibility index (Phi) is 4.97. The van der Waals surface area contributed by atoms with E-state index >= 15 is 0 Å². The molecule has 0 bridgehead atoms. The summed E-state index contributed by atoms with van der Waals surface area (Å²) < 4.78 is 59.7. The summed E-state index contributed by atoms with van der Waals surface area (Å²) in [6.07, 6.45) is -7.87. The quantitative estimate of drug-likeness (QED) is 0.615. The number of aliphatic hydroxyl groups excluding tert-OH is 1. The summed E-state index contributed by atoms with van der Waals surface area (Å²) in [6.45, 7) is -1.31. The summed E-state index contributed by atoms with van der Waals surface area (Å²) in [5.74, 6) is 0. The fourth-order valence-corrected chi connectivity index (χ4v) is 3.72. The van der Waals surface area contributed by atoms with Crippen LogP contribution in [0.1, 0.15) is 0 Å². The number of nitrogens with zero attached hydrogens (tertiary/aromatic N) is 1. The van der Waals surface area contributed by atoms with Crippen LogP contribution in [0.5, 0.6) is 0 Å². The van der Waals surface area contributed by atoms with Crippen molar-refractivity contribution in [2.24, 2.45) is 0 Å². The molecule has 114 valence electrons. The second-order valence-electron chi connectivity index (χ2n) is 3.39. The Hall–Kier alpha value is -0.950. The molecule has 0 saturated heterocycles. The van der Waals surface area contributed by atoms with Gasteiger partial charge in [0, 0.05) is 12.6 Å². The minimum absolute atomic E-state index is 0.319. The summed E-state index contributed by atoms with van der Waals surface area (Å²) in [5.41, 5.74) is -0.673. The number of nitro groups is 1. The summed E-state index contributed by atoms with van der Waals surface area (Å²) >= 11 is 5.76. The van der Waals surface area contributed by atoms with E-state index in [0.29, 0.717) is 17.4 Å². The molecule has 0 fully saturated rings. The molecular weight excluding hydrogens is 349 g/mol. The minimum Gasteiger partial charge on any atom is -0.382 e. The van der Waals surface area contributed by atoms with Gasteiger partial charge in [-0.1, -0.05) is 11.6 Å². The zero-order valence-corrected chi connectivity index (χ0v) is 11.6. The molecule has 13 heteroatoms. The van der Waals surface area contributed by atoms with Crippen molar-refractivity contribution in [3.8, 4) is 0 Å². The highest BCUT2D eigenvalue weighted by molar-refractivity contribution is 7.91. The SMILES string of the molecule is O=[N+]([O-])c1cc(S(=O)(=O)NCC(O)C(F)(F)F)sc1Cl. The minimum atomic E-state index is -4.98. The maximum Gasteiger partial charge on any atom is 0.415 e. The number of alkyl halides is 3. The van der Waals surface area contributed by atoms with Crippen LogP contribution in [0.2, 0.25) is 4.34 Å². The van der Waals surface area contributed by atoms with Gasteiger partial charge in [0.1, 0.15) is 4.21 Å². The van der Waals surface area contributed by atoms with E-state index in [1.54, 1.807) is 0 Å². The van der Waals surface area contributed by atoms with E-state index in [2.05, 4.69) is 0 Å². The molecule has 0 aliphatic heterocycles. The Morgan fingerprint density at radius 1 is 1.55 bits per heavy atom. The maximum atomic E-state index is 12.0. The van der Waals surface area contributed by atoms with Gasteiger partial charge in [-0.05, 0) is 0 Å². The molecule has 1 unspecified atom stereocenters. The van der Waals surface area contributed by atoms with Crippen LogP contribution >= 0.6 is 22.9 Å². The second-order valence-corrected chi connectivity index (χ2v) is 7.04. The second kappa shape index (κ2) is 5.81. The van der Waals surface area contributed by atoms with Crippen LogP contribution in [-0.2, 0) is 10.0 Å². The van der Waals surface area contributed by atoms with Gasteiger partial charge in [0.25, 0.3) is 5.69 Å². The highest BCUT2D eigenvalue weighted by atomic mass is 35.5. The van der Waals surface area contributed by atoms with E-state index in [0.717, 1.165) is 0 Å². The van der Waals surface area contributed by atoms with Crippen molar-refractivity contribution < 1.29 is 31.6 Å². The molecule has 0 aliphatic carbocycles. The third kappa shape index (κ3) is 4.02. The van der Waals surface area contributed by atoms with Gasteiger partial charge in [0.2, 0.25) is 10.0 Å². The smallest absolute Gasteiger partial charge is 0.382 e. The van der Waals surface area contributed by atoms with E-state index in [9.17, 15) is 31.7 Å². The molecule has 1 aromatic heterocycles. The van der Waals surface area contributed by atoms with Gasteiger partial charge in [-0.15, -0.1) is 11.3 Å². The van der Waals surface area contributed by atoms with E-state index in [1.807, 2.05) is 0 Å². The van der Waals surface area contributed by atoms with Gasteiger partial charge in [0.15, 0.2) is 10.4 Å². The summed E-state index contributed by atoms with van der Waals surface area (Å²) in [6, 6.07) is 0.620. The fourth-order valence-electron chi connectivity index (χ4n) is 0.971. The molecule has 0 aliphatic rings. The molecule has 7 nitrogen and oxygen atoms in total. The van der Waals surface area contributed by atoms with E-state index < -0.39 is 48.0 Å². The van der Waals surface area contributed by atoms with Gasteiger partial charge in [-0.2, -0.15) is 13.2 Å². The highest BCUT2D eigenvalue weighted by Crippen LogP contribution is 2.36. The standard InChI is InChI=1S/C7H6ClF3N2O5S2/c8-6-3(13(15)16)1-5(19-6)20(17,18)12-2-4(14)7(9,10)11/h1,4,12,14H,2H2. The molecule has 20 heavy (non-hydrogen) atoms. The predicted molar refractivity (Wildman–Crippen MR) is 63.2 cm³/mol. The molecule has 0 aromatic carbocycles. The lowest BCUT2D eigenvalue weighted by Crippen LogP contribution is -2.40. The first-order valence-corrected chi connectivity index (χ1v) is 7.31. The van der Waals surface area contributed by atoms with Gasteiger partial charge >= 0.3 is 6.18 Å². The predicted octanol–water partition coefficient (Wildman–Crippen LogP) is 1.51. The lowest BCUT2D eigenvalue weighted by Gasteiger charge is -2.14. The van der Waals surface area contributed by atoms with Crippen molar-refractivity contribution in [1.82, 2.24) is 4.72 Å². The van der Waals surface area contributed by atoms with Crippen molar-refractivity contribution in [2.75, 3.05) is 6.54 Å². The number of rotatable bonds is 5. The number of halogens is 4. The molecule has 1 heterocycles. The van der Waals surface area contributed by atoms with Crippen LogP contribution in [-0.4, -0.2) is 37.3 Å². The van der Waals surface area contributed by atoms with Crippen molar-refractivity contribution in [2.45, 2.75) is 16.5 Å². The molecule has 2 N–H and O–H groups in total. The first-order chi connectivity index (χ1) is 8.95. The Morgan fingerprint density at radius 3 is 2.50 bits per heavy atom. The van der Waals surface area contributed by atoms with Crippen molar-refractivity contribution in [3.05, 3.63) is 20.5 Å². The molecule has 1 aromatic rings. The number of thiophene rings is 1. The number of hydrogen-bond donors (Lipinski definition) is 2. The maximum absolute atomic E-state index is 12.0. The van der Waals surface area contributed by atoms with Crippen LogP contribution in [0, 0.1) is 10.1 Å². The van der Waals surface area contributed by atoms with E-state index in [1.165, 1.54) is 4.72 Å². The molecule has 0 spiro atoms. The van der Waals surface area contributed by atoms with Crippen LogP contribution in [0.4, 0.5) is 18.9 Å². The number of aliphatic hydroxyl groups is 1. The van der Waals surface area contributed by atoms with Crippen LogP contribution in [0.15, 0.2) is 10.3 Å². The van der Waals surface area contributed by atoms with Gasteiger partial charge in [-0.3, -0.25) is 10.1 Å². The normalized spacial score (nSPS) is 14.2. The summed E-state index contributed by atoms with van der Waals surface area (Å²) in [5, 5.41) is 19.1. The molecule has 0 saturated carbocycles. The Labute approximate surface area is 119 Å². The lowest BCUT2D eigenvalue weighted by atomic mass is 10.4. The van der Waals surface area contributed by atoms with Gasteiger partial charge in [-0.25, -0.2) is 13.1 Å². The van der Waals surface area contributed by atoms with Crippen molar-refractivity contribution in [1.29, 1.82) is 0 Å². The van der Waals surface area contributed by atoms with Crippen LogP contribution < -0.4 is 4.72 Å². The Balaban J connectivity index is 2.90. The lowest BCUT2D eigenvalue weighted by molar-refractivity contribution is -0.384. The van der Waals surface area contributed by atoms with E-state index in [4.69, 9.17) is 16.7 Å². The van der Waals surface area contributed by atoms with Crippen LogP contribution in [0.3, 0.4) is 0 Å². The molecule has 1 rings (SSSR count). The largest absolute Gasteiger partial charge is 0.415 e. The number of hydrogen-bond acceptors (Lipinski definition) is 6. The zero-order valence-electron chi connectivity index (χ0n) is 9.22. The van der Waals surface area contributed by atoms with Gasteiger partial charge in [0.05, 0.1) is 4.92 Å². The average Bonchev–Trinajstić information content (AvgIpc) is 2.67. The molecule has 0 amide bonds. The molecule has 0 radical (unpaired) electrons. The number of nitrogens with one attached hydrogen (secondary N) is 1. The van der Waals surface area contributed by atoms with Crippen molar-refractivity contribution >= 4 is 38.6 Å². The zero-order chi connectivity index (χ0) is 15.7. The van der Waals surface area contributed by atoms with Crippen LogP contribution in [0.25, 0.3) is 0 Å². The third-order valence-electron chi connectivity index (χ3n) is 1.95. The molecular formula is C7H6ClF3N2O5S2. The molecule has 1 atom stereocenters. The average molecular weight is 355 g/mol. The van der Waals surface area contributed by atoms with Gasteiger partial charge < -0.3 is 5.11 Å². The first-order valence-electron chi connectivity index (χ1n) is 4.63. The highest BCUT2D eigenvalue weighted by Gasteiger charge is 2.39. The summed E-state index contributed by atoms with van der Waals surface area (Å²) in [7, 11) is -4.43.